The van der Waals surface area contributed by atoms with Gasteiger partial charge in [-0.25, -0.2) is 21.6 Å². The second kappa shape index (κ2) is 5.73. The summed E-state index contributed by atoms with van der Waals surface area (Å²) < 4.78 is 67.3. The molecule has 0 spiro atoms. The highest BCUT2D eigenvalue weighted by molar-refractivity contribution is 7.93. The lowest BCUT2D eigenvalue weighted by molar-refractivity contribution is 0.496. The molecule has 132 valence electrons. The van der Waals surface area contributed by atoms with Gasteiger partial charge < -0.3 is 4.98 Å². The van der Waals surface area contributed by atoms with Crippen molar-refractivity contribution >= 4 is 37.5 Å². The number of aromatic amines is 1. The Bertz CT molecular complexity index is 1270. The molecule has 0 radical (unpaired) electrons. The average molecular weight is 377 g/mol. The molecule has 0 fully saturated rings. The SMILES string of the molecule is O=S(=O)(Nc1cc(F)c(F)cc1F)c1cnc2c1ccc1ccc[nH]c12. The van der Waals surface area contributed by atoms with Gasteiger partial charge >= 0.3 is 0 Å². The zero-order chi connectivity index (χ0) is 18.5. The Hall–Kier alpha value is -3.07. The van der Waals surface area contributed by atoms with Gasteiger partial charge in [0.05, 0.1) is 16.7 Å². The van der Waals surface area contributed by atoms with Gasteiger partial charge in [0.2, 0.25) is 0 Å². The van der Waals surface area contributed by atoms with Gasteiger partial charge in [-0.1, -0.05) is 18.2 Å². The zero-order valence-electron chi connectivity index (χ0n) is 12.9. The number of sulfonamides is 1. The molecule has 2 aromatic carbocycles. The first-order valence-electron chi connectivity index (χ1n) is 7.39. The van der Waals surface area contributed by atoms with Crippen molar-refractivity contribution in [3.05, 3.63) is 66.2 Å². The first-order valence-corrected chi connectivity index (χ1v) is 8.87. The van der Waals surface area contributed by atoms with Crippen LogP contribution in [0.3, 0.4) is 0 Å². The van der Waals surface area contributed by atoms with Crippen LogP contribution in [0.1, 0.15) is 0 Å². The van der Waals surface area contributed by atoms with Gasteiger partial charge in [-0.05, 0) is 6.07 Å². The van der Waals surface area contributed by atoms with Gasteiger partial charge in [0.25, 0.3) is 10.0 Å². The molecule has 2 N–H and O–H groups in total. The molecule has 4 aromatic rings. The van der Waals surface area contributed by atoms with Crippen LogP contribution in [-0.4, -0.2) is 18.4 Å². The molecule has 26 heavy (non-hydrogen) atoms. The Labute approximate surface area is 145 Å². The predicted octanol–water partition coefficient (Wildman–Crippen LogP) is 3.93. The summed E-state index contributed by atoms with van der Waals surface area (Å²) in [5.41, 5.74) is 0.380. The fourth-order valence-corrected chi connectivity index (χ4v) is 3.92. The normalized spacial score (nSPS) is 12.0. The lowest BCUT2D eigenvalue weighted by Crippen LogP contribution is -2.14. The third-order valence-electron chi connectivity index (χ3n) is 3.93. The zero-order valence-corrected chi connectivity index (χ0v) is 13.7. The number of aromatic nitrogens is 2. The summed E-state index contributed by atoms with van der Waals surface area (Å²) in [5, 5.41) is 1.15. The van der Waals surface area contributed by atoms with Gasteiger partial charge in [-0.15, -0.1) is 0 Å². The van der Waals surface area contributed by atoms with Gasteiger partial charge in [-0.3, -0.25) is 9.71 Å². The topological polar surface area (TPSA) is 74.8 Å². The summed E-state index contributed by atoms with van der Waals surface area (Å²) >= 11 is 0. The molecule has 0 saturated carbocycles. The molecule has 2 heterocycles. The lowest BCUT2D eigenvalue weighted by atomic mass is 10.1. The van der Waals surface area contributed by atoms with Gasteiger partial charge in [0, 0.05) is 35.3 Å². The second-order valence-corrected chi connectivity index (χ2v) is 7.22. The van der Waals surface area contributed by atoms with Crippen molar-refractivity contribution in [2.45, 2.75) is 4.90 Å². The number of nitrogens with zero attached hydrogens (tertiary/aromatic N) is 1. The first-order chi connectivity index (χ1) is 12.4. The van der Waals surface area contributed by atoms with E-state index in [4.69, 9.17) is 0 Å². The minimum atomic E-state index is -4.27. The number of rotatable bonds is 3. The van der Waals surface area contributed by atoms with E-state index in [1.165, 1.54) is 0 Å². The number of fused-ring (bicyclic) bond motifs is 3. The Morgan fingerprint density at radius 3 is 2.58 bits per heavy atom. The van der Waals surface area contributed by atoms with E-state index in [2.05, 4.69) is 9.97 Å². The smallest absolute Gasteiger partial charge is 0.264 e. The molecular weight excluding hydrogens is 367 g/mol. The Kier molecular flexibility index (Phi) is 3.62. The Balaban J connectivity index is 1.84. The fraction of sp³-hybridized carbons (Fsp3) is 0. The highest BCUT2D eigenvalue weighted by Crippen LogP contribution is 2.30. The van der Waals surface area contributed by atoms with E-state index in [1.54, 1.807) is 24.4 Å². The molecule has 2 aromatic heterocycles. The van der Waals surface area contributed by atoms with E-state index in [1.807, 2.05) is 10.8 Å². The number of anilines is 1. The van der Waals surface area contributed by atoms with Crippen LogP contribution in [0.4, 0.5) is 18.9 Å². The van der Waals surface area contributed by atoms with Crippen LogP contribution < -0.4 is 4.72 Å². The van der Waals surface area contributed by atoms with Crippen LogP contribution >= 0.6 is 0 Å². The summed E-state index contributed by atoms with van der Waals surface area (Å²) in [7, 11) is -4.27. The molecule has 4 rings (SSSR count). The molecule has 9 heteroatoms. The lowest BCUT2D eigenvalue weighted by Gasteiger charge is -2.09. The summed E-state index contributed by atoms with van der Waals surface area (Å²) in [6.07, 6.45) is 2.81. The molecule has 0 bridgehead atoms. The summed E-state index contributed by atoms with van der Waals surface area (Å²) in [4.78, 5) is 6.93. The Morgan fingerprint density at radius 2 is 1.77 bits per heavy atom. The number of hydrogen-bond donors (Lipinski definition) is 2. The molecule has 0 aliphatic carbocycles. The van der Waals surface area contributed by atoms with Crippen molar-refractivity contribution in [2.24, 2.45) is 0 Å². The molecule has 0 unspecified atom stereocenters. The molecular formula is C17H10F3N3O2S. The van der Waals surface area contributed by atoms with Crippen LogP contribution in [0.5, 0.6) is 0 Å². The quantitative estimate of drug-likeness (QED) is 0.531. The van der Waals surface area contributed by atoms with Gasteiger partial charge in [0.15, 0.2) is 11.6 Å². The highest BCUT2D eigenvalue weighted by Gasteiger charge is 2.23. The monoisotopic (exact) mass is 377 g/mol. The number of H-pyrrole nitrogens is 1. The van der Waals surface area contributed by atoms with Crippen LogP contribution in [0.2, 0.25) is 0 Å². The first kappa shape index (κ1) is 16.4. The molecule has 0 saturated heterocycles. The molecule has 0 aliphatic rings. The van der Waals surface area contributed by atoms with E-state index in [0.29, 0.717) is 22.5 Å². The fourth-order valence-electron chi connectivity index (χ4n) is 2.72. The van der Waals surface area contributed by atoms with Gasteiger partial charge in [-0.2, -0.15) is 0 Å². The minimum absolute atomic E-state index is 0.198. The third kappa shape index (κ3) is 2.57. The number of benzene rings is 2. The van der Waals surface area contributed by atoms with Crippen molar-refractivity contribution in [2.75, 3.05) is 4.72 Å². The number of hydrogen-bond acceptors (Lipinski definition) is 3. The van der Waals surface area contributed by atoms with Crippen LogP contribution in [-0.2, 0) is 10.0 Å². The summed E-state index contributed by atoms with van der Waals surface area (Å²) in [6.45, 7) is 0. The number of halogens is 3. The van der Waals surface area contributed by atoms with E-state index in [9.17, 15) is 21.6 Å². The second-order valence-electron chi connectivity index (χ2n) is 5.57. The van der Waals surface area contributed by atoms with Gasteiger partial charge in [0.1, 0.15) is 10.7 Å². The van der Waals surface area contributed by atoms with Crippen LogP contribution in [0.15, 0.2) is 53.7 Å². The largest absolute Gasteiger partial charge is 0.359 e. The maximum Gasteiger partial charge on any atom is 0.264 e. The molecule has 0 aliphatic heterocycles. The minimum Gasteiger partial charge on any atom is -0.359 e. The van der Waals surface area contributed by atoms with E-state index >= 15 is 0 Å². The third-order valence-corrected chi connectivity index (χ3v) is 5.32. The summed E-state index contributed by atoms with van der Waals surface area (Å²) in [6, 6.07) is 7.65. The number of pyridine rings is 1. The standard InChI is InChI=1S/C17H10F3N3O2S/c18-11-6-13(20)14(7-12(11)19)23-26(24,25)15-8-22-17-10(15)4-3-9-2-1-5-21-16(9)17/h1-8,21,23H. The van der Waals surface area contributed by atoms with E-state index < -0.39 is 33.2 Å². The van der Waals surface area contributed by atoms with E-state index in [-0.39, 0.29) is 11.0 Å². The molecule has 0 amide bonds. The van der Waals surface area contributed by atoms with Crippen molar-refractivity contribution in [3.63, 3.8) is 0 Å². The number of nitrogens with one attached hydrogen (secondary N) is 2. The Morgan fingerprint density at radius 1 is 1.00 bits per heavy atom. The van der Waals surface area contributed by atoms with Crippen LogP contribution in [0.25, 0.3) is 21.8 Å². The van der Waals surface area contributed by atoms with Crippen molar-refractivity contribution in [1.29, 1.82) is 0 Å². The maximum absolute atomic E-state index is 13.8. The van der Waals surface area contributed by atoms with E-state index in [0.717, 1.165) is 11.6 Å². The summed E-state index contributed by atoms with van der Waals surface area (Å²) in [5.74, 6) is -4.00. The van der Waals surface area contributed by atoms with Crippen molar-refractivity contribution in [1.82, 2.24) is 9.97 Å². The predicted molar refractivity (Wildman–Crippen MR) is 90.7 cm³/mol. The van der Waals surface area contributed by atoms with Crippen molar-refractivity contribution in [3.8, 4) is 0 Å². The highest BCUT2D eigenvalue weighted by atomic mass is 32.2. The molecule has 5 nitrogen and oxygen atoms in total. The van der Waals surface area contributed by atoms with Crippen molar-refractivity contribution < 1.29 is 21.6 Å². The molecule has 0 atom stereocenters. The van der Waals surface area contributed by atoms with Crippen LogP contribution in [0, 0.1) is 17.5 Å². The average Bonchev–Trinajstić information content (AvgIpc) is 3.05. The maximum atomic E-state index is 13.8.